The van der Waals surface area contributed by atoms with E-state index in [1.165, 1.54) is 24.1 Å². The number of nitrogen functional groups attached to an aromatic ring is 1. The number of rotatable bonds is 7. The first-order chi connectivity index (χ1) is 14.6. The molecule has 2 aliphatic rings. The topological polar surface area (TPSA) is 71.3 Å². The van der Waals surface area contributed by atoms with Gasteiger partial charge < -0.3 is 25.8 Å². The summed E-state index contributed by atoms with van der Waals surface area (Å²) in [6.45, 7) is 2.03. The van der Waals surface area contributed by atoms with Gasteiger partial charge in [-0.05, 0) is 47.9 Å². The summed E-state index contributed by atoms with van der Waals surface area (Å²) < 4.78 is 37.9. The molecule has 156 valence electrons. The van der Waals surface area contributed by atoms with Crippen molar-refractivity contribution >= 4 is 28.9 Å². The van der Waals surface area contributed by atoms with E-state index >= 15 is 0 Å². The molecular formula is C22H22F2N4OS. The Labute approximate surface area is 178 Å². The minimum absolute atomic E-state index is 0.186. The lowest BCUT2D eigenvalue weighted by molar-refractivity contribution is 0.377. The van der Waals surface area contributed by atoms with Crippen LogP contribution >= 0.6 is 11.9 Å². The van der Waals surface area contributed by atoms with Crippen molar-refractivity contribution in [3.05, 3.63) is 83.4 Å². The lowest BCUT2D eigenvalue weighted by Gasteiger charge is -2.22. The van der Waals surface area contributed by atoms with E-state index in [0.717, 1.165) is 28.9 Å². The van der Waals surface area contributed by atoms with Crippen LogP contribution in [-0.4, -0.2) is 11.9 Å². The highest BCUT2D eigenvalue weighted by Gasteiger charge is 2.29. The molecule has 2 aliphatic heterocycles. The summed E-state index contributed by atoms with van der Waals surface area (Å²) in [5.74, 6) is -0.800. The standard InChI is InChI=1S/C22H22F2N4OS/c1-2-9-30-28-18-8-7-17(23)21(20(18)24)29-19-12-27-22-16(19)10-14(11-26-22)13-3-5-15(25)6-4-13/h3-8,10-12,22,26-28H,2,9,25H2,1H3. The molecule has 0 saturated heterocycles. The van der Waals surface area contributed by atoms with Crippen LogP contribution in [0.4, 0.5) is 20.2 Å². The molecule has 30 heavy (non-hydrogen) atoms. The first kappa shape index (κ1) is 20.2. The molecule has 2 aromatic rings. The summed E-state index contributed by atoms with van der Waals surface area (Å²) in [5, 5.41) is 6.34. The third-order valence-corrected chi connectivity index (χ3v) is 5.66. The van der Waals surface area contributed by atoms with E-state index in [2.05, 4.69) is 15.4 Å². The van der Waals surface area contributed by atoms with Gasteiger partial charge in [0.05, 0.1) is 5.69 Å². The second-order valence-corrected chi connectivity index (χ2v) is 7.79. The van der Waals surface area contributed by atoms with Gasteiger partial charge in [-0.15, -0.1) is 0 Å². The molecular weight excluding hydrogens is 406 g/mol. The number of dihydropyridines is 1. The molecule has 1 atom stereocenters. The molecule has 8 heteroatoms. The van der Waals surface area contributed by atoms with E-state index in [0.29, 0.717) is 11.4 Å². The first-order valence-corrected chi connectivity index (χ1v) is 10.6. The molecule has 0 amide bonds. The van der Waals surface area contributed by atoms with Gasteiger partial charge in [0.15, 0.2) is 17.4 Å². The Balaban J connectivity index is 1.57. The number of halogens is 2. The maximum absolute atomic E-state index is 14.9. The van der Waals surface area contributed by atoms with Crippen LogP contribution < -0.4 is 25.8 Å². The predicted octanol–water partition coefficient (Wildman–Crippen LogP) is 4.74. The zero-order valence-corrected chi connectivity index (χ0v) is 17.2. The average Bonchev–Trinajstić information content (AvgIpc) is 3.15. The minimum atomic E-state index is -0.762. The fraction of sp³-hybridized carbons (Fsp3) is 0.182. The van der Waals surface area contributed by atoms with Crippen LogP contribution in [0.25, 0.3) is 5.57 Å². The van der Waals surface area contributed by atoms with Crippen LogP contribution in [0.15, 0.2) is 66.2 Å². The molecule has 4 rings (SSSR count). The number of allylic oxidation sites excluding steroid dienone is 2. The maximum Gasteiger partial charge on any atom is 0.200 e. The van der Waals surface area contributed by atoms with Crippen LogP contribution in [0.1, 0.15) is 18.9 Å². The summed E-state index contributed by atoms with van der Waals surface area (Å²) in [5.41, 5.74) is 9.25. The Morgan fingerprint density at radius 2 is 1.87 bits per heavy atom. The Kier molecular flexibility index (Phi) is 5.85. The highest BCUT2D eigenvalue weighted by molar-refractivity contribution is 8.00. The molecule has 0 bridgehead atoms. The van der Waals surface area contributed by atoms with Crippen molar-refractivity contribution in [2.24, 2.45) is 0 Å². The van der Waals surface area contributed by atoms with Crippen molar-refractivity contribution in [3.8, 4) is 5.75 Å². The number of hydrogen-bond donors (Lipinski definition) is 4. The molecule has 0 radical (unpaired) electrons. The summed E-state index contributed by atoms with van der Waals surface area (Å²) in [4.78, 5) is 0. The summed E-state index contributed by atoms with van der Waals surface area (Å²) in [6.07, 6.45) is 6.11. The van der Waals surface area contributed by atoms with E-state index in [1.54, 1.807) is 6.20 Å². The minimum Gasteiger partial charge on any atom is -0.449 e. The highest BCUT2D eigenvalue weighted by Crippen LogP contribution is 2.35. The van der Waals surface area contributed by atoms with Gasteiger partial charge in [-0.3, -0.25) is 0 Å². The molecule has 1 unspecified atom stereocenters. The molecule has 5 N–H and O–H groups in total. The number of nitrogens with two attached hydrogens (primary N) is 1. The first-order valence-electron chi connectivity index (χ1n) is 9.60. The predicted molar refractivity (Wildman–Crippen MR) is 118 cm³/mol. The third-order valence-electron chi connectivity index (χ3n) is 4.69. The number of ether oxygens (including phenoxy) is 1. The zero-order valence-electron chi connectivity index (χ0n) is 16.3. The molecule has 0 spiro atoms. The average molecular weight is 429 g/mol. The summed E-state index contributed by atoms with van der Waals surface area (Å²) in [7, 11) is 0. The molecule has 2 aromatic carbocycles. The smallest absolute Gasteiger partial charge is 0.200 e. The maximum atomic E-state index is 14.9. The van der Waals surface area contributed by atoms with Crippen molar-refractivity contribution in [1.29, 1.82) is 0 Å². The molecule has 2 heterocycles. The number of anilines is 2. The largest absolute Gasteiger partial charge is 0.449 e. The van der Waals surface area contributed by atoms with Gasteiger partial charge in [0.25, 0.3) is 0 Å². The van der Waals surface area contributed by atoms with Gasteiger partial charge in [0, 0.05) is 29.4 Å². The number of nitrogens with one attached hydrogen (secondary N) is 3. The van der Waals surface area contributed by atoms with Gasteiger partial charge >= 0.3 is 0 Å². The lowest BCUT2D eigenvalue weighted by atomic mass is 10.00. The quantitative estimate of drug-likeness (QED) is 0.290. The van der Waals surface area contributed by atoms with Crippen LogP contribution in [0.5, 0.6) is 5.75 Å². The molecule has 0 fully saturated rings. The van der Waals surface area contributed by atoms with Crippen LogP contribution in [0, 0.1) is 11.6 Å². The van der Waals surface area contributed by atoms with E-state index in [9.17, 15) is 8.78 Å². The van der Waals surface area contributed by atoms with Crippen LogP contribution in [-0.2, 0) is 0 Å². The Morgan fingerprint density at radius 3 is 2.63 bits per heavy atom. The second-order valence-electron chi connectivity index (χ2n) is 6.89. The number of fused-ring (bicyclic) bond motifs is 1. The number of benzene rings is 2. The fourth-order valence-corrected chi connectivity index (χ4v) is 3.74. The van der Waals surface area contributed by atoms with Crippen molar-refractivity contribution in [2.45, 2.75) is 19.5 Å². The third kappa shape index (κ3) is 4.09. The highest BCUT2D eigenvalue weighted by atomic mass is 32.2. The molecule has 0 aliphatic carbocycles. The summed E-state index contributed by atoms with van der Waals surface area (Å²) in [6, 6.07) is 10.0. The molecule has 5 nitrogen and oxygen atoms in total. The van der Waals surface area contributed by atoms with Crippen molar-refractivity contribution < 1.29 is 13.5 Å². The van der Waals surface area contributed by atoms with Gasteiger partial charge in [-0.25, -0.2) is 8.78 Å². The number of hydrogen-bond acceptors (Lipinski definition) is 6. The monoisotopic (exact) mass is 428 g/mol. The molecule has 0 saturated carbocycles. The molecule has 0 aromatic heterocycles. The second kappa shape index (κ2) is 8.71. The van der Waals surface area contributed by atoms with Gasteiger partial charge in [0.2, 0.25) is 5.75 Å². The van der Waals surface area contributed by atoms with Crippen molar-refractivity contribution in [2.75, 3.05) is 16.2 Å². The Hall–Kier alpha value is -3.13. The fourth-order valence-electron chi connectivity index (χ4n) is 3.13. The van der Waals surface area contributed by atoms with E-state index in [-0.39, 0.29) is 11.9 Å². The van der Waals surface area contributed by atoms with E-state index in [1.807, 2.05) is 43.5 Å². The normalized spacial score (nSPS) is 17.2. The van der Waals surface area contributed by atoms with Gasteiger partial charge in [-0.2, -0.15) is 0 Å². The Bertz CT molecular complexity index is 1030. The van der Waals surface area contributed by atoms with Gasteiger partial charge in [0.1, 0.15) is 6.17 Å². The lowest BCUT2D eigenvalue weighted by Crippen LogP contribution is -2.36. The van der Waals surface area contributed by atoms with Gasteiger partial charge in [-0.1, -0.05) is 31.0 Å². The van der Waals surface area contributed by atoms with E-state index in [4.69, 9.17) is 10.5 Å². The SMILES string of the molecule is CCCSNc1ccc(F)c(OC2=CNC3NC=C(c4ccc(N)cc4)C=C23)c1F. The van der Waals surface area contributed by atoms with Crippen molar-refractivity contribution in [1.82, 2.24) is 10.6 Å². The van der Waals surface area contributed by atoms with E-state index < -0.39 is 17.4 Å². The summed E-state index contributed by atoms with van der Waals surface area (Å²) >= 11 is 1.36. The van der Waals surface area contributed by atoms with Crippen LogP contribution in [0.2, 0.25) is 0 Å². The zero-order chi connectivity index (χ0) is 21.1. The van der Waals surface area contributed by atoms with Crippen molar-refractivity contribution in [3.63, 3.8) is 0 Å². The Morgan fingerprint density at radius 1 is 1.10 bits per heavy atom. The van der Waals surface area contributed by atoms with Crippen LogP contribution in [0.3, 0.4) is 0 Å².